The van der Waals surface area contributed by atoms with Gasteiger partial charge in [-0.05, 0) is 70.6 Å². The second-order valence-corrected chi connectivity index (χ2v) is 15.3. The van der Waals surface area contributed by atoms with Gasteiger partial charge < -0.3 is 14.2 Å². The Morgan fingerprint density at radius 2 is 0.759 bits per heavy atom. The molecule has 1 unspecified atom stereocenters. The van der Waals surface area contributed by atoms with Crippen LogP contribution in [0.25, 0.3) is 0 Å². The van der Waals surface area contributed by atoms with E-state index in [0.717, 1.165) is 96.3 Å². The highest BCUT2D eigenvalue weighted by molar-refractivity contribution is 5.72. The Kier molecular flexibility index (Phi) is 43.6. The Hall–Kier alpha value is -3.41. The van der Waals surface area contributed by atoms with Gasteiger partial charge in [-0.15, -0.1) is 0 Å². The molecule has 1 atom stereocenters. The Labute approximate surface area is 356 Å². The predicted molar refractivity (Wildman–Crippen MR) is 247 cm³/mol. The quantitative estimate of drug-likeness (QED) is 0.0265. The van der Waals surface area contributed by atoms with Gasteiger partial charge in [0, 0.05) is 12.8 Å². The lowest BCUT2D eigenvalue weighted by atomic mass is 10.1. The van der Waals surface area contributed by atoms with Crippen molar-refractivity contribution in [1.29, 1.82) is 0 Å². The highest BCUT2D eigenvalue weighted by Crippen LogP contribution is 2.13. The maximum Gasteiger partial charge on any atom is 0.309 e. The van der Waals surface area contributed by atoms with Gasteiger partial charge in [0.1, 0.15) is 13.2 Å². The van der Waals surface area contributed by atoms with E-state index in [0.29, 0.717) is 12.8 Å². The minimum absolute atomic E-state index is 0.112. The van der Waals surface area contributed by atoms with Crippen LogP contribution in [0.3, 0.4) is 0 Å². The first-order valence-corrected chi connectivity index (χ1v) is 23.6. The van der Waals surface area contributed by atoms with Crippen molar-refractivity contribution in [2.45, 2.75) is 213 Å². The highest BCUT2D eigenvalue weighted by Gasteiger charge is 2.19. The second-order valence-electron chi connectivity index (χ2n) is 15.3. The van der Waals surface area contributed by atoms with Crippen LogP contribution in [0.1, 0.15) is 207 Å². The van der Waals surface area contributed by atoms with E-state index in [9.17, 15) is 14.4 Å². The smallest absolute Gasteiger partial charge is 0.309 e. The number of hydrogen-bond acceptors (Lipinski definition) is 6. The van der Waals surface area contributed by atoms with Gasteiger partial charge in [0.25, 0.3) is 0 Å². The number of hydrogen-bond donors (Lipinski definition) is 0. The van der Waals surface area contributed by atoms with Gasteiger partial charge in [0.05, 0.1) is 6.42 Å². The van der Waals surface area contributed by atoms with Gasteiger partial charge in [0.2, 0.25) is 0 Å². The fourth-order valence-electron chi connectivity index (χ4n) is 6.12. The van der Waals surface area contributed by atoms with Crippen LogP contribution in [0.5, 0.6) is 0 Å². The molecule has 0 saturated carbocycles. The highest BCUT2D eigenvalue weighted by atomic mass is 16.6. The Morgan fingerprint density at radius 3 is 1.26 bits per heavy atom. The predicted octanol–water partition coefficient (Wildman–Crippen LogP) is 15.3. The molecule has 0 spiro atoms. The van der Waals surface area contributed by atoms with E-state index in [1.54, 1.807) is 6.08 Å². The van der Waals surface area contributed by atoms with Gasteiger partial charge >= 0.3 is 17.9 Å². The second kappa shape index (κ2) is 46.3. The van der Waals surface area contributed by atoms with E-state index in [1.807, 2.05) is 6.08 Å². The molecule has 0 rings (SSSR count). The molecule has 0 aromatic carbocycles. The summed E-state index contributed by atoms with van der Waals surface area (Å²) in [5, 5.41) is 0. The summed E-state index contributed by atoms with van der Waals surface area (Å²) in [6.45, 7) is 6.36. The normalized spacial score (nSPS) is 12.8. The molecular formula is C52H86O6. The summed E-state index contributed by atoms with van der Waals surface area (Å²) in [4.78, 5) is 37.7. The third-order valence-corrected chi connectivity index (χ3v) is 9.67. The summed E-state index contributed by atoms with van der Waals surface area (Å²) in [5.74, 6) is -1.07. The average Bonchev–Trinajstić information content (AvgIpc) is 3.22. The SMILES string of the molecule is CC/C=C\C/C=C\C/C=C\C/C=C\C/C=C\CC(=O)OCC(COC(=O)CCCCCCCCCCCCC)OC(=O)CCCCCCC/C=C\C/C=C\CCCC. The lowest BCUT2D eigenvalue weighted by molar-refractivity contribution is -0.166. The zero-order chi connectivity index (χ0) is 42.3. The molecular weight excluding hydrogens is 721 g/mol. The molecule has 0 aliphatic rings. The van der Waals surface area contributed by atoms with Gasteiger partial charge in [-0.1, -0.05) is 202 Å². The van der Waals surface area contributed by atoms with Crippen molar-refractivity contribution in [1.82, 2.24) is 0 Å². The zero-order valence-electron chi connectivity index (χ0n) is 37.5. The van der Waals surface area contributed by atoms with Crippen LogP contribution in [0, 0.1) is 0 Å². The van der Waals surface area contributed by atoms with Crippen molar-refractivity contribution in [2.75, 3.05) is 13.2 Å². The minimum Gasteiger partial charge on any atom is -0.462 e. The summed E-state index contributed by atoms with van der Waals surface area (Å²) in [6.07, 6.45) is 58.7. The lowest BCUT2D eigenvalue weighted by Gasteiger charge is -2.18. The third-order valence-electron chi connectivity index (χ3n) is 9.67. The number of esters is 3. The fraction of sp³-hybridized carbons (Fsp3) is 0.673. The van der Waals surface area contributed by atoms with E-state index < -0.39 is 12.1 Å². The number of carbonyl (C=O) groups excluding carboxylic acids is 3. The topological polar surface area (TPSA) is 78.9 Å². The Morgan fingerprint density at radius 1 is 0.379 bits per heavy atom. The largest absolute Gasteiger partial charge is 0.462 e. The van der Waals surface area contributed by atoms with E-state index >= 15 is 0 Å². The Bertz CT molecular complexity index is 1160. The molecule has 0 amide bonds. The van der Waals surface area contributed by atoms with E-state index in [-0.39, 0.29) is 31.6 Å². The lowest BCUT2D eigenvalue weighted by Crippen LogP contribution is -2.30. The number of rotatable bonds is 41. The van der Waals surface area contributed by atoms with Crippen molar-refractivity contribution in [3.05, 3.63) is 85.1 Å². The van der Waals surface area contributed by atoms with Crippen LogP contribution in [0.4, 0.5) is 0 Å². The van der Waals surface area contributed by atoms with Crippen LogP contribution in [-0.4, -0.2) is 37.2 Å². The fourth-order valence-corrected chi connectivity index (χ4v) is 6.12. The van der Waals surface area contributed by atoms with E-state index in [1.165, 1.54) is 70.6 Å². The van der Waals surface area contributed by atoms with Crippen LogP contribution in [0.15, 0.2) is 85.1 Å². The Balaban J connectivity index is 4.54. The molecule has 0 radical (unpaired) electrons. The number of ether oxygens (including phenoxy) is 3. The van der Waals surface area contributed by atoms with Crippen LogP contribution in [-0.2, 0) is 28.6 Å². The molecule has 0 aliphatic carbocycles. The summed E-state index contributed by atoms with van der Waals surface area (Å²) in [6, 6.07) is 0. The summed E-state index contributed by atoms with van der Waals surface area (Å²) >= 11 is 0. The van der Waals surface area contributed by atoms with Gasteiger partial charge in [-0.25, -0.2) is 0 Å². The number of allylic oxidation sites excluding steroid dienone is 13. The molecule has 6 heteroatoms. The van der Waals surface area contributed by atoms with E-state index in [2.05, 4.69) is 93.7 Å². The molecule has 58 heavy (non-hydrogen) atoms. The zero-order valence-corrected chi connectivity index (χ0v) is 37.5. The van der Waals surface area contributed by atoms with Crippen LogP contribution in [0.2, 0.25) is 0 Å². The van der Waals surface area contributed by atoms with Gasteiger partial charge in [-0.2, -0.15) is 0 Å². The van der Waals surface area contributed by atoms with Crippen molar-refractivity contribution in [2.24, 2.45) is 0 Å². The number of unbranched alkanes of at least 4 members (excludes halogenated alkanes) is 17. The molecule has 0 N–H and O–H groups in total. The molecule has 0 aromatic rings. The summed E-state index contributed by atoms with van der Waals surface area (Å²) < 4.78 is 16.6. The molecule has 0 aromatic heterocycles. The first-order valence-electron chi connectivity index (χ1n) is 23.6. The molecule has 6 nitrogen and oxygen atoms in total. The van der Waals surface area contributed by atoms with Crippen LogP contribution >= 0.6 is 0 Å². The number of carbonyl (C=O) groups is 3. The monoisotopic (exact) mass is 807 g/mol. The maximum atomic E-state index is 12.7. The maximum absolute atomic E-state index is 12.7. The molecule has 0 fully saturated rings. The summed E-state index contributed by atoms with van der Waals surface area (Å²) in [5.41, 5.74) is 0. The third kappa shape index (κ3) is 43.7. The summed E-state index contributed by atoms with van der Waals surface area (Å²) in [7, 11) is 0. The first kappa shape index (κ1) is 54.6. The van der Waals surface area contributed by atoms with E-state index in [4.69, 9.17) is 14.2 Å². The van der Waals surface area contributed by atoms with Gasteiger partial charge in [0.15, 0.2) is 6.10 Å². The van der Waals surface area contributed by atoms with Crippen molar-refractivity contribution in [3.8, 4) is 0 Å². The first-order chi connectivity index (χ1) is 28.5. The molecule has 0 aliphatic heterocycles. The van der Waals surface area contributed by atoms with Crippen molar-refractivity contribution >= 4 is 17.9 Å². The molecule has 0 heterocycles. The van der Waals surface area contributed by atoms with Crippen molar-refractivity contribution in [3.63, 3.8) is 0 Å². The van der Waals surface area contributed by atoms with Crippen LogP contribution < -0.4 is 0 Å². The average molecular weight is 807 g/mol. The molecule has 330 valence electrons. The van der Waals surface area contributed by atoms with Gasteiger partial charge in [-0.3, -0.25) is 14.4 Å². The minimum atomic E-state index is -0.820. The standard InChI is InChI=1S/C52H86O6/c1-4-7-10-13-16-19-22-24-26-28-30-33-36-39-42-45-51(54)57-48-49(47-56-50(53)44-41-38-35-32-29-21-18-15-12-9-6-3)58-52(55)46-43-40-37-34-31-27-25-23-20-17-14-11-8-5-2/h7,10,14,16-17,19,23-26,30,33,39,42,49H,4-6,8-9,11-13,15,18,20-22,27-29,31-32,34-38,40-41,43-48H2,1-3H3/b10-7-,17-14-,19-16-,25-23-,26-24-,33-30-,42-39-. The molecule has 0 bridgehead atoms. The van der Waals surface area contributed by atoms with Crippen molar-refractivity contribution < 1.29 is 28.6 Å². The molecule has 0 saturated heterocycles.